The number of carbonyl (C=O) groups excluding carboxylic acids is 2. The Morgan fingerprint density at radius 2 is 2.05 bits per heavy atom. The van der Waals surface area contributed by atoms with Crippen molar-refractivity contribution in [2.24, 2.45) is 5.92 Å². The van der Waals surface area contributed by atoms with Gasteiger partial charge in [0.15, 0.2) is 0 Å². The second kappa shape index (κ2) is 6.96. The van der Waals surface area contributed by atoms with E-state index in [4.69, 9.17) is 4.74 Å². The average Bonchev–Trinajstić information content (AvgIpc) is 2.85. The highest BCUT2D eigenvalue weighted by molar-refractivity contribution is 9.10. The van der Waals surface area contributed by atoms with Crippen molar-refractivity contribution in [1.82, 2.24) is 9.88 Å². The molecule has 5 nitrogen and oxygen atoms in total. The van der Waals surface area contributed by atoms with Crippen molar-refractivity contribution in [3.8, 4) is 0 Å². The number of hydrogen-bond acceptors (Lipinski definition) is 3. The molecule has 6 heteroatoms. The summed E-state index contributed by atoms with van der Waals surface area (Å²) in [5.41, 5.74) is 0.970. The normalized spacial score (nSPS) is 12.4. The van der Waals surface area contributed by atoms with Gasteiger partial charge in [-0.25, -0.2) is 4.79 Å². The molecular weight excluding hydrogens is 348 g/mol. The largest absolute Gasteiger partial charge is 0.467 e. The summed E-state index contributed by atoms with van der Waals surface area (Å²) >= 11 is 3.43. The first-order valence-electron chi connectivity index (χ1n) is 7.04. The highest BCUT2D eigenvalue weighted by atomic mass is 79.9. The number of aromatic nitrogens is 1. The molecule has 0 aliphatic carbocycles. The summed E-state index contributed by atoms with van der Waals surface area (Å²) in [6.07, 6.45) is 1.86. The fraction of sp³-hybridized carbons (Fsp3) is 0.375. The number of amides is 1. The molecule has 0 radical (unpaired) electrons. The molecule has 2 rings (SSSR count). The van der Waals surface area contributed by atoms with Gasteiger partial charge in [-0.05, 0) is 30.2 Å². The first kappa shape index (κ1) is 16.5. The van der Waals surface area contributed by atoms with Crippen molar-refractivity contribution in [2.45, 2.75) is 26.4 Å². The lowest BCUT2D eigenvalue weighted by Crippen LogP contribution is -2.46. The molecule has 0 aliphatic heterocycles. The zero-order valence-electron chi connectivity index (χ0n) is 12.8. The second-order valence-corrected chi connectivity index (χ2v) is 6.37. The van der Waals surface area contributed by atoms with Crippen LogP contribution in [-0.2, 0) is 20.9 Å². The molecule has 0 bridgehead atoms. The van der Waals surface area contributed by atoms with Gasteiger partial charge in [-0.3, -0.25) is 4.79 Å². The van der Waals surface area contributed by atoms with Crippen molar-refractivity contribution in [3.05, 3.63) is 34.9 Å². The average molecular weight is 367 g/mol. The van der Waals surface area contributed by atoms with Crippen LogP contribution in [0.4, 0.5) is 0 Å². The molecule has 1 aromatic heterocycles. The van der Waals surface area contributed by atoms with Crippen LogP contribution in [0.15, 0.2) is 34.9 Å². The van der Waals surface area contributed by atoms with Crippen LogP contribution >= 0.6 is 15.9 Å². The number of hydrogen-bond donors (Lipinski definition) is 1. The van der Waals surface area contributed by atoms with Gasteiger partial charge < -0.3 is 14.6 Å². The van der Waals surface area contributed by atoms with Crippen LogP contribution in [0.5, 0.6) is 0 Å². The number of halogens is 1. The van der Waals surface area contributed by atoms with Crippen molar-refractivity contribution >= 4 is 38.7 Å². The number of methoxy groups -OCH3 is 1. The summed E-state index contributed by atoms with van der Waals surface area (Å²) in [6.45, 7) is 3.89. The van der Waals surface area contributed by atoms with Crippen LogP contribution < -0.4 is 5.32 Å². The molecule has 1 amide bonds. The molecule has 1 N–H and O–H groups in total. The lowest BCUT2D eigenvalue weighted by molar-refractivity contribution is -0.146. The molecule has 1 aromatic carbocycles. The molecule has 1 unspecified atom stereocenters. The highest BCUT2D eigenvalue weighted by Gasteiger charge is 2.24. The molecule has 2 aromatic rings. The van der Waals surface area contributed by atoms with Crippen LogP contribution in [0.1, 0.15) is 13.8 Å². The summed E-state index contributed by atoms with van der Waals surface area (Å²) in [5, 5.41) is 3.79. The smallest absolute Gasteiger partial charge is 0.328 e. The van der Waals surface area contributed by atoms with E-state index in [-0.39, 0.29) is 18.4 Å². The number of nitrogens with one attached hydrogen (secondary N) is 1. The molecule has 1 heterocycles. The number of ether oxygens (including phenoxy) is 1. The third-order valence-electron chi connectivity index (χ3n) is 3.49. The minimum atomic E-state index is -0.631. The number of benzene rings is 1. The van der Waals surface area contributed by atoms with Crippen LogP contribution in [0.2, 0.25) is 0 Å². The summed E-state index contributed by atoms with van der Waals surface area (Å²) in [4.78, 5) is 23.9. The number of carbonyl (C=O) groups is 2. The zero-order valence-corrected chi connectivity index (χ0v) is 14.4. The Morgan fingerprint density at radius 3 is 2.68 bits per heavy atom. The van der Waals surface area contributed by atoms with E-state index in [1.807, 2.05) is 48.9 Å². The maximum Gasteiger partial charge on any atom is 0.328 e. The molecule has 118 valence electrons. The Kier molecular flexibility index (Phi) is 5.24. The molecule has 0 spiro atoms. The van der Waals surface area contributed by atoms with Gasteiger partial charge in [-0.15, -0.1) is 0 Å². The van der Waals surface area contributed by atoms with E-state index in [9.17, 15) is 9.59 Å². The van der Waals surface area contributed by atoms with Gasteiger partial charge in [0.25, 0.3) is 0 Å². The topological polar surface area (TPSA) is 60.3 Å². The fourth-order valence-electron chi connectivity index (χ4n) is 2.31. The van der Waals surface area contributed by atoms with Gasteiger partial charge in [-0.2, -0.15) is 0 Å². The van der Waals surface area contributed by atoms with Crippen molar-refractivity contribution < 1.29 is 14.3 Å². The predicted octanol–water partition coefficient (Wildman–Crippen LogP) is 2.72. The predicted molar refractivity (Wildman–Crippen MR) is 88.4 cm³/mol. The Labute approximate surface area is 137 Å². The monoisotopic (exact) mass is 366 g/mol. The van der Waals surface area contributed by atoms with Gasteiger partial charge >= 0.3 is 5.97 Å². The maximum atomic E-state index is 12.2. The Balaban J connectivity index is 2.12. The molecular formula is C16H19BrN2O3. The van der Waals surface area contributed by atoms with E-state index >= 15 is 0 Å². The lowest BCUT2D eigenvalue weighted by Gasteiger charge is -2.20. The van der Waals surface area contributed by atoms with Gasteiger partial charge in [0.2, 0.25) is 5.91 Å². The number of rotatable bonds is 5. The maximum absolute atomic E-state index is 12.2. The van der Waals surface area contributed by atoms with E-state index in [2.05, 4.69) is 21.2 Å². The molecule has 1 atom stereocenters. The number of fused-ring (bicyclic) bond motifs is 1. The third-order valence-corrected chi connectivity index (χ3v) is 3.98. The minimum absolute atomic E-state index is 0.0336. The number of esters is 1. The second-order valence-electron chi connectivity index (χ2n) is 5.46. The molecule has 22 heavy (non-hydrogen) atoms. The quantitative estimate of drug-likeness (QED) is 0.827. The van der Waals surface area contributed by atoms with Crippen LogP contribution in [0.3, 0.4) is 0 Å². The first-order chi connectivity index (χ1) is 10.4. The van der Waals surface area contributed by atoms with Gasteiger partial charge in [-0.1, -0.05) is 29.8 Å². The van der Waals surface area contributed by atoms with Crippen molar-refractivity contribution in [1.29, 1.82) is 0 Å². The summed E-state index contributed by atoms with van der Waals surface area (Å²) < 4.78 is 7.57. The van der Waals surface area contributed by atoms with Crippen LogP contribution in [-0.4, -0.2) is 29.6 Å². The van der Waals surface area contributed by atoms with E-state index < -0.39 is 12.0 Å². The first-order valence-corrected chi connectivity index (χ1v) is 7.83. The zero-order chi connectivity index (χ0) is 16.3. The lowest BCUT2D eigenvalue weighted by atomic mass is 10.0. The van der Waals surface area contributed by atoms with Gasteiger partial charge in [0, 0.05) is 21.6 Å². The summed E-state index contributed by atoms with van der Waals surface area (Å²) in [6, 6.07) is 7.20. The molecule has 0 saturated carbocycles. The van der Waals surface area contributed by atoms with Crippen molar-refractivity contribution in [2.75, 3.05) is 7.11 Å². The Hall–Kier alpha value is -1.82. The summed E-state index contributed by atoms with van der Waals surface area (Å²) in [5.74, 6) is -0.678. The number of nitrogens with zero attached hydrogens (tertiary/aromatic N) is 1. The fourth-order valence-corrected chi connectivity index (χ4v) is 2.69. The van der Waals surface area contributed by atoms with E-state index in [0.717, 1.165) is 15.4 Å². The Bertz CT molecular complexity index is 694. The van der Waals surface area contributed by atoms with E-state index in [0.29, 0.717) is 0 Å². The molecule has 0 aliphatic rings. The molecule has 0 saturated heterocycles. The Morgan fingerprint density at radius 1 is 1.32 bits per heavy atom. The van der Waals surface area contributed by atoms with E-state index in [1.165, 1.54) is 7.11 Å². The van der Waals surface area contributed by atoms with E-state index in [1.54, 1.807) is 0 Å². The third kappa shape index (κ3) is 3.68. The SMILES string of the molecule is COC(=O)C(NC(=O)Cn1ccc2cc(Br)ccc21)C(C)C. The summed E-state index contributed by atoms with van der Waals surface area (Å²) in [7, 11) is 1.32. The van der Waals surface area contributed by atoms with Crippen LogP contribution in [0, 0.1) is 5.92 Å². The molecule has 0 fully saturated rings. The highest BCUT2D eigenvalue weighted by Crippen LogP contribution is 2.20. The van der Waals surface area contributed by atoms with Gasteiger partial charge in [0.05, 0.1) is 7.11 Å². The van der Waals surface area contributed by atoms with Gasteiger partial charge in [0.1, 0.15) is 12.6 Å². The minimum Gasteiger partial charge on any atom is -0.467 e. The van der Waals surface area contributed by atoms with Crippen LogP contribution in [0.25, 0.3) is 10.9 Å². The standard InChI is InChI=1S/C16H19BrN2O3/c1-10(2)15(16(21)22-3)18-14(20)9-19-7-6-11-8-12(17)4-5-13(11)19/h4-8,10,15H,9H2,1-3H3,(H,18,20). The van der Waals surface area contributed by atoms with Crippen molar-refractivity contribution in [3.63, 3.8) is 0 Å².